The summed E-state index contributed by atoms with van der Waals surface area (Å²) in [6.45, 7) is 1.87. The SMILES string of the molecule is Cc1ccc(F)c(-c2nn(-c3ccccc3)cc2C=O)c1. The van der Waals surface area contributed by atoms with Crippen LogP contribution < -0.4 is 0 Å². The molecular formula is C17H13FN2O. The summed E-state index contributed by atoms with van der Waals surface area (Å²) in [7, 11) is 0. The van der Waals surface area contributed by atoms with Crippen molar-refractivity contribution < 1.29 is 9.18 Å². The average Bonchev–Trinajstić information content (AvgIpc) is 2.94. The molecule has 0 atom stereocenters. The van der Waals surface area contributed by atoms with E-state index >= 15 is 0 Å². The van der Waals surface area contributed by atoms with Crippen molar-refractivity contribution in [2.45, 2.75) is 6.92 Å². The van der Waals surface area contributed by atoms with E-state index < -0.39 is 0 Å². The highest BCUT2D eigenvalue weighted by Gasteiger charge is 2.15. The van der Waals surface area contributed by atoms with E-state index in [1.54, 1.807) is 23.0 Å². The largest absolute Gasteiger partial charge is 0.298 e. The van der Waals surface area contributed by atoms with E-state index in [-0.39, 0.29) is 5.82 Å². The van der Waals surface area contributed by atoms with E-state index in [9.17, 15) is 9.18 Å². The standard InChI is InChI=1S/C17H13FN2O/c1-12-7-8-16(18)15(9-12)17-13(11-21)10-20(19-17)14-5-3-2-4-6-14/h2-11H,1H3. The molecule has 0 unspecified atom stereocenters. The minimum Gasteiger partial charge on any atom is -0.298 e. The summed E-state index contributed by atoms with van der Waals surface area (Å²) in [5, 5.41) is 4.37. The van der Waals surface area contributed by atoms with Crippen LogP contribution in [0, 0.1) is 12.7 Å². The smallest absolute Gasteiger partial charge is 0.153 e. The molecule has 0 bridgehead atoms. The van der Waals surface area contributed by atoms with Gasteiger partial charge in [-0.3, -0.25) is 4.79 Å². The van der Waals surface area contributed by atoms with Gasteiger partial charge in [0.05, 0.1) is 11.3 Å². The van der Waals surface area contributed by atoms with Gasteiger partial charge in [0.1, 0.15) is 11.5 Å². The zero-order valence-corrected chi connectivity index (χ0v) is 11.5. The molecule has 0 N–H and O–H groups in total. The van der Waals surface area contributed by atoms with Crippen molar-refractivity contribution >= 4 is 6.29 Å². The Kier molecular flexibility index (Phi) is 3.36. The Balaban J connectivity index is 2.17. The van der Waals surface area contributed by atoms with E-state index in [0.717, 1.165) is 11.3 Å². The molecule has 1 heterocycles. The van der Waals surface area contributed by atoms with Crippen LogP contribution in [0.25, 0.3) is 16.9 Å². The predicted molar refractivity (Wildman–Crippen MR) is 79.1 cm³/mol. The number of halogens is 1. The maximum absolute atomic E-state index is 14.0. The highest BCUT2D eigenvalue weighted by atomic mass is 19.1. The number of carbonyl (C=O) groups excluding carboxylic acids is 1. The lowest BCUT2D eigenvalue weighted by Crippen LogP contribution is -1.95. The molecule has 0 aliphatic carbocycles. The molecule has 0 radical (unpaired) electrons. The summed E-state index contributed by atoms with van der Waals surface area (Å²) in [6, 6.07) is 14.2. The fourth-order valence-electron chi connectivity index (χ4n) is 2.22. The number of benzene rings is 2. The Bertz CT molecular complexity index is 794. The van der Waals surface area contributed by atoms with Crippen LogP contribution in [0.4, 0.5) is 4.39 Å². The van der Waals surface area contributed by atoms with Gasteiger partial charge in [-0.1, -0.05) is 29.8 Å². The Labute approximate surface area is 121 Å². The molecule has 0 saturated carbocycles. The quantitative estimate of drug-likeness (QED) is 0.684. The number of hydrogen-bond acceptors (Lipinski definition) is 2. The van der Waals surface area contributed by atoms with Crippen molar-refractivity contribution in [3.63, 3.8) is 0 Å². The van der Waals surface area contributed by atoms with Crippen LogP contribution in [-0.2, 0) is 0 Å². The normalized spacial score (nSPS) is 10.6. The van der Waals surface area contributed by atoms with Crippen molar-refractivity contribution in [3.05, 3.63) is 71.7 Å². The van der Waals surface area contributed by atoms with Crippen molar-refractivity contribution in [2.24, 2.45) is 0 Å². The second kappa shape index (κ2) is 5.32. The van der Waals surface area contributed by atoms with E-state index in [2.05, 4.69) is 5.10 Å². The Hall–Kier alpha value is -2.75. The number of nitrogens with zero attached hydrogens (tertiary/aromatic N) is 2. The van der Waals surface area contributed by atoms with Crippen LogP contribution in [0.3, 0.4) is 0 Å². The molecule has 21 heavy (non-hydrogen) atoms. The first-order valence-corrected chi connectivity index (χ1v) is 6.56. The van der Waals surface area contributed by atoms with Crippen molar-refractivity contribution in [3.8, 4) is 16.9 Å². The molecule has 0 aliphatic rings. The zero-order valence-electron chi connectivity index (χ0n) is 11.5. The highest BCUT2D eigenvalue weighted by molar-refractivity contribution is 5.85. The second-order valence-corrected chi connectivity index (χ2v) is 4.81. The van der Waals surface area contributed by atoms with Gasteiger partial charge in [-0.15, -0.1) is 0 Å². The van der Waals surface area contributed by atoms with E-state index in [4.69, 9.17) is 0 Å². The van der Waals surface area contributed by atoms with E-state index in [1.807, 2.05) is 37.3 Å². The fraction of sp³-hybridized carbons (Fsp3) is 0.0588. The number of carbonyl (C=O) groups is 1. The third-order valence-electron chi connectivity index (χ3n) is 3.27. The van der Waals surface area contributed by atoms with Crippen LogP contribution in [0.5, 0.6) is 0 Å². The Morgan fingerprint density at radius 2 is 1.90 bits per heavy atom. The predicted octanol–water partition coefficient (Wildman–Crippen LogP) is 3.80. The summed E-state index contributed by atoms with van der Waals surface area (Å²) in [5.74, 6) is -0.387. The van der Waals surface area contributed by atoms with Gasteiger partial charge >= 0.3 is 0 Å². The van der Waals surface area contributed by atoms with Crippen LogP contribution >= 0.6 is 0 Å². The molecule has 2 aromatic carbocycles. The molecule has 104 valence electrons. The molecule has 1 aromatic heterocycles. The number of aromatic nitrogens is 2. The van der Waals surface area contributed by atoms with Crippen molar-refractivity contribution in [2.75, 3.05) is 0 Å². The molecule has 3 nitrogen and oxygen atoms in total. The first-order valence-electron chi connectivity index (χ1n) is 6.56. The van der Waals surface area contributed by atoms with Crippen LogP contribution in [0.1, 0.15) is 15.9 Å². The topological polar surface area (TPSA) is 34.9 Å². The zero-order chi connectivity index (χ0) is 14.8. The average molecular weight is 280 g/mol. The maximum Gasteiger partial charge on any atom is 0.153 e. The first-order chi connectivity index (χ1) is 10.2. The molecule has 0 aliphatic heterocycles. The molecule has 4 heteroatoms. The number of para-hydroxylation sites is 1. The Morgan fingerprint density at radius 1 is 1.14 bits per heavy atom. The summed E-state index contributed by atoms with van der Waals surface area (Å²) in [6.07, 6.45) is 2.31. The van der Waals surface area contributed by atoms with Crippen molar-refractivity contribution in [1.29, 1.82) is 0 Å². The highest BCUT2D eigenvalue weighted by Crippen LogP contribution is 2.26. The van der Waals surface area contributed by atoms with Gasteiger partial charge in [0.2, 0.25) is 0 Å². The number of aryl methyl sites for hydroxylation is 1. The number of rotatable bonds is 3. The number of hydrogen-bond donors (Lipinski definition) is 0. The summed E-state index contributed by atoms with van der Waals surface area (Å²) in [5.41, 5.74) is 2.79. The molecule has 3 aromatic rings. The fourth-order valence-corrected chi connectivity index (χ4v) is 2.22. The molecule has 3 rings (SSSR count). The third-order valence-corrected chi connectivity index (χ3v) is 3.27. The van der Waals surface area contributed by atoms with Crippen LogP contribution in [0.15, 0.2) is 54.7 Å². The van der Waals surface area contributed by atoms with E-state index in [1.165, 1.54) is 6.07 Å². The van der Waals surface area contributed by atoms with Crippen LogP contribution in [-0.4, -0.2) is 16.1 Å². The Morgan fingerprint density at radius 3 is 2.62 bits per heavy atom. The van der Waals surface area contributed by atoms with Gasteiger partial charge in [-0.25, -0.2) is 9.07 Å². The van der Waals surface area contributed by atoms with Gasteiger partial charge in [0, 0.05) is 11.8 Å². The third kappa shape index (κ3) is 2.48. The number of aldehydes is 1. The van der Waals surface area contributed by atoms with E-state index in [0.29, 0.717) is 23.1 Å². The maximum atomic E-state index is 14.0. The van der Waals surface area contributed by atoms with Gasteiger partial charge < -0.3 is 0 Å². The minimum absolute atomic E-state index is 0.340. The lowest BCUT2D eigenvalue weighted by atomic mass is 10.1. The molecule has 0 amide bonds. The molecule has 0 fully saturated rings. The first kappa shape index (κ1) is 13.2. The molecular weight excluding hydrogens is 267 g/mol. The lowest BCUT2D eigenvalue weighted by Gasteiger charge is -2.03. The minimum atomic E-state index is -0.387. The summed E-state index contributed by atoms with van der Waals surface area (Å²) < 4.78 is 15.6. The van der Waals surface area contributed by atoms with Gasteiger partial charge in [0.25, 0.3) is 0 Å². The lowest BCUT2D eigenvalue weighted by molar-refractivity contribution is 0.112. The van der Waals surface area contributed by atoms with Gasteiger partial charge in [0.15, 0.2) is 6.29 Å². The molecule has 0 spiro atoms. The monoisotopic (exact) mass is 280 g/mol. The summed E-state index contributed by atoms with van der Waals surface area (Å²) >= 11 is 0. The van der Waals surface area contributed by atoms with Crippen LogP contribution in [0.2, 0.25) is 0 Å². The van der Waals surface area contributed by atoms with Crippen molar-refractivity contribution in [1.82, 2.24) is 9.78 Å². The van der Waals surface area contributed by atoms with Gasteiger partial charge in [-0.05, 0) is 31.2 Å². The second-order valence-electron chi connectivity index (χ2n) is 4.81. The van der Waals surface area contributed by atoms with Gasteiger partial charge in [-0.2, -0.15) is 5.10 Å². The summed E-state index contributed by atoms with van der Waals surface area (Å²) in [4.78, 5) is 11.3. The molecule has 0 saturated heterocycles.